The average molecular weight is 290 g/mol. The molecular weight excluding hydrogens is 264 g/mol. The Morgan fingerprint density at radius 3 is 2.81 bits per heavy atom. The normalized spacial score (nSPS) is 16.0. The van der Waals surface area contributed by atoms with Gasteiger partial charge < -0.3 is 15.4 Å². The van der Waals surface area contributed by atoms with E-state index in [0.29, 0.717) is 25.1 Å². The second kappa shape index (κ2) is 8.49. The van der Waals surface area contributed by atoms with Crippen molar-refractivity contribution in [3.63, 3.8) is 0 Å². The molecule has 1 aliphatic rings. The lowest BCUT2D eigenvalue weighted by Gasteiger charge is -2.16. The second-order valence-corrected chi connectivity index (χ2v) is 5.40. The Kier molecular flexibility index (Phi) is 6.31. The maximum Gasteiger partial charge on any atom is 0.213 e. The minimum Gasteiger partial charge on any atom is -0.478 e. The number of aliphatic imine (C=N–C) groups is 1. The van der Waals surface area contributed by atoms with Crippen LogP contribution in [0.5, 0.6) is 5.88 Å². The van der Waals surface area contributed by atoms with Crippen LogP contribution in [-0.2, 0) is 6.54 Å². The fourth-order valence-electron chi connectivity index (χ4n) is 2.45. The molecule has 0 bridgehead atoms. The molecule has 0 spiro atoms. The number of hydrogen-bond donors (Lipinski definition) is 2. The van der Waals surface area contributed by atoms with E-state index in [0.717, 1.165) is 17.9 Å². The van der Waals surface area contributed by atoms with Crippen molar-refractivity contribution in [3.8, 4) is 5.88 Å². The molecule has 116 valence electrons. The van der Waals surface area contributed by atoms with Gasteiger partial charge in [-0.3, -0.25) is 4.99 Å². The van der Waals surface area contributed by atoms with Crippen LogP contribution in [-0.4, -0.2) is 30.6 Å². The third kappa shape index (κ3) is 5.25. The van der Waals surface area contributed by atoms with Crippen molar-refractivity contribution in [1.29, 1.82) is 0 Å². The number of hydrogen-bond acceptors (Lipinski definition) is 3. The van der Waals surface area contributed by atoms with Gasteiger partial charge >= 0.3 is 0 Å². The van der Waals surface area contributed by atoms with E-state index in [1.54, 1.807) is 0 Å². The Balaban J connectivity index is 1.77. The molecule has 2 rings (SSSR count). The molecule has 0 aromatic carbocycles. The van der Waals surface area contributed by atoms with Gasteiger partial charge in [-0.2, -0.15) is 0 Å². The third-order valence-electron chi connectivity index (χ3n) is 3.63. The lowest BCUT2D eigenvalue weighted by Crippen LogP contribution is -2.41. The molecule has 0 aliphatic heterocycles. The van der Waals surface area contributed by atoms with E-state index in [9.17, 15) is 0 Å². The summed E-state index contributed by atoms with van der Waals surface area (Å²) < 4.78 is 5.48. The maximum atomic E-state index is 5.48. The minimum absolute atomic E-state index is 0.569. The highest BCUT2D eigenvalue weighted by atomic mass is 16.5. The minimum atomic E-state index is 0.569. The first-order chi connectivity index (χ1) is 10.3. The molecule has 1 fully saturated rings. The fourth-order valence-corrected chi connectivity index (χ4v) is 2.45. The quantitative estimate of drug-likeness (QED) is 0.624. The van der Waals surface area contributed by atoms with Gasteiger partial charge in [0.15, 0.2) is 5.96 Å². The molecule has 1 aliphatic carbocycles. The summed E-state index contributed by atoms with van der Waals surface area (Å²) in [7, 11) is 1.81. The third-order valence-corrected chi connectivity index (χ3v) is 3.63. The Morgan fingerprint density at radius 1 is 1.38 bits per heavy atom. The van der Waals surface area contributed by atoms with Crippen LogP contribution in [0.4, 0.5) is 0 Å². The molecule has 0 unspecified atom stereocenters. The van der Waals surface area contributed by atoms with E-state index in [4.69, 9.17) is 4.74 Å². The fraction of sp³-hybridized carbons (Fsp3) is 0.625. The smallest absolute Gasteiger partial charge is 0.213 e. The van der Waals surface area contributed by atoms with E-state index < -0.39 is 0 Å². The van der Waals surface area contributed by atoms with E-state index in [1.165, 1.54) is 25.7 Å². The van der Waals surface area contributed by atoms with Crippen molar-refractivity contribution in [3.05, 3.63) is 23.9 Å². The topological polar surface area (TPSA) is 58.5 Å². The largest absolute Gasteiger partial charge is 0.478 e. The van der Waals surface area contributed by atoms with Gasteiger partial charge in [-0.25, -0.2) is 4.98 Å². The number of aromatic nitrogens is 1. The van der Waals surface area contributed by atoms with E-state index >= 15 is 0 Å². The second-order valence-electron chi connectivity index (χ2n) is 5.40. The number of rotatable bonds is 6. The summed E-state index contributed by atoms with van der Waals surface area (Å²) >= 11 is 0. The van der Waals surface area contributed by atoms with Crippen LogP contribution in [0.2, 0.25) is 0 Å². The molecule has 5 heteroatoms. The lowest BCUT2D eigenvalue weighted by atomic mass is 10.2. The van der Waals surface area contributed by atoms with E-state index in [1.807, 2.05) is 25.4 Å². The number of nitrogens with zero attached hydrogens (tertiary/aromatic N) is 2. The summed E-state index contributed by atoms with van der Waals surface area (Å²) in [6.45, 7) is 3.51. The summed E-state index contributed by atoms with van der Waals surface area (Å²) in [5.74, 6) is 1.56. The highest BCUT2D eigenvalue weighted by molar-refractivity contribution is 5.79. The van der Waals surface area contributed by atoms with Crippen molar-refractivity contribution in [2.45, 2.75) is 51.6 Å². The van der Waals surface area contributed by atoms with E-state index in [-0.39, 0.29) is 0 Å². The molecular formula is C16H26N4O. The number of nitrogens with one attached hydrogen (secondary N) is 2. The van der Waals surface area contributed by atoms with Gasteiger partial charge in [0.25, 0.3) is 0 Å². The number of ether oxygens (including phenoxy) is 1. The van der Waals surface area contributed by atoms with Gasteiger partial charge in [0.05, 0.1) is 6.61 Å². The van der Waals surface area contributed by atoms with Crippen LogP contribution in [0.25, 0.3) is 0 Å². The SMILES string of the molecule is CCCOc1ccc(CNC(=NC)NC2CCCC2)cn1. The van der Waals surface area contributed by atoms with Gasteiger partial charge in [-0.1, -0.05) is 25.8 Å². The molecule has 1 saturated carbocycles. The first kappa shape index (κ1) is 15.6. The van der Waals surface area contributed by atoms with Crippen LogP contribution in [0.3, 0.4) is 0 Å². The van der Waals surface area contributed by atoms with Gasteiger partial charge in [0.1, 0.15) is 0 Å². The summed E-state index contributed by atoms with van der Waals surface area (Å²) in [4.78, 5) is 8.57. The molecule has 0 radical (unpaired) electrons. The Hall–Kier alpha value is -1.78. The first-order valence-corrected chi connectivity index (χ1v) is 7.86. The van der Waals surface area contributed by atoms with Gasteiger partial charge in [0, 0.05) is 31.9 Å². The lowest BCUT2D eigenvalue weighted by molar-refractivity contribution is 0.305. The van der Waals surface area contributed by atoms with Crippen LogP contribution >= 0.6 is 0 Å². The van der Waals surface area contributed by atoms with Crippen LogP contribution in [0.1, 0.15) is 44.6 Å². The van der Waals surface area contributed by atoms with Crippen LogP contribution in [0, 0.1) is 0 Å². The van der Waals surface area contributed by atoms with Gasteiger partial charge in [-0.15, -0.1) is 0 Å². The predicted molar refractivity (Wildman–Crippen MR) is 85.6 cm³/mol. The van der Waals surface area contributed by atoms with Crippen LogP contribution < -0.4 is 15.4 Å². The van der Waals surface area contributed by atoms with Crippen molar-refractivity contribution in [2.24, 2.45) is 4.99 Å². The number of guanidine groups is 1. The maximum absolute atomic E-state index is 5.48. The molecule has 1 heterocycles. The zero-order chi connectivity index (χ0) is 14.9. The molecule has 1 aromatic rings. The molecule has 21 heavy (non-hydrogen) atoms. The molecule has 1 aromatic heterocycles. The van der Waals surface area contributed by atoms with Crippen molar-refractivity contribution in [2.75, 3.05) is 13.7 Å². The zero-order valence-corrected chi connectivity index (χ0v) is 13.1. The predicted octanol–water partition coefficient (Wildman–Crippen LogP) is 2.48. The highest BCUT2D eigenvalue weighted by Crippen LogP contribution is 2.17. The number of pyridine rings is 1. The molecule has 2 N–H and O–H groups in total. The average Bonchev–Trinajstić information content (AvgIpc) is 3.03. The summed E-state index contributed by atoms with van der Waals surface area (Å²) in [6, 6.07) is 4.52. The van der Waals surface area contributed by atoms with Gasteiger partial charge in [-0.05, 0) is 24.8 Å². The Morgan fingerprint density at radius 2 is 2.19 bits per heavy atom. The Bertz CT molecular complexity index is 438. The summed E-state index contributed by atoms with van der Waals surface area (Å²) in [5.41, 5.74) is 1.12. The van der Waals surface area contributed by atoms with Crippen molar-refractivity contribution in [1.82, 2.24) is 15.6 Å². The standard InChI is InChI=1S/C16H26N4O/c1-3-10-21-15-9-8-13(11-18-15)12-19-16(17-2)20-14-6-4-5-7-14/h8-9,11,14H,3-7,10,12H2,1-2H3,(H2,17,19,20). The van der Waals surface area contributed by atoms with Crippen molar-refractivity contribution < 1.29 is 4.74 Å². The zero-order valence-electron chi connectivity index (χ0n) is 13.1. The summed E-state index contributed by atoms with van der Waals surface area (Å²) in [5, 5.41) is 6.80. The Labute approximate surface area is 127 Å². The van der Waals surface area contributed by atoms with E-state index in [2.05, 4.69) is 27.5 Å². The molecule has 0 atom stereocenters. The molecule has 0 amide bonds. The summed E-state index contributed by atoms with van der Waals surface area (Å²) in [6.07, 6.45) is 7.96. The molecule has 0 saturated heterocycles. The van der Waals surface area contributed by atoms with Crippen molar-refractivity contribution >= 4 is 5.96 Å². The van der Waals surface area contributed by atoms with Gasteiger partial charge in [0.2, 0.25) is 5.88 Å². The molecule has 5 nitrogen and oxygen atoms in total. The van der Waals surface area contributed by atoms with Crippen LogP contribution in [0.15, 0.2) is 23.3 Å². The first-order valence-electron chi connectivity index (χ1n) is 7.86. The highest BCUT2D eigenvalue weighted by Gasteiger charge is 2.15. The monoisotopic (exact) mass is 290 g/mol.